The van der Waals surface area contributed by atoms with Gasteiger partial charge >= 0.3 is 6.03 Å². The fourth-order valence-electron chi connectivity index (χ4n) is 3.16. The van der Waals surface area contributed by atoms with Gasteiger partial charge in [0.05, 0.1) is 6.10 Å². The lowest BCUT2D eigenvalue weighted by molar-refractivity contribution is -0.146. The minimum absolute atomic E-state index is 0.0314. The lowest BCUT2D eigenvalue weighted by Crippen LogP contribution is -2.50. The van der Waals surface area contributed by atoms with Gasteiger partial charge in [-0.1, -0.05) is 60.7 Å². The van der Waals surface area contributed by atoms with Gasteiger partial charge in [0.15, 0.2) is 0 Å². The number of benzene rings is 2. The maximum Gasteiger partial charge on any atom is 0.317 e. The third kappa shape index (κ3) is 5.82. The van der Waals surface area contributed by atoms with E-state index in [9.17, 15) is 9.59 Å². The highest BCUT2D eigenvalue weighted by Crippen LogP contribution is 2.09. The van der Waals surface area contributed by atoms with Crippen LogP contribution in [0.1, 0.15) is 11.1 Å². The molecule has 1 heterocycles. The molecule has 1 aliphatic rings. The van der Waals surface area contributed by atoms with Gasteiger partial charge in [-0.05, 0) is 17.5 Å². The average molecular weight is 381 g/mol. The van der Waals surface area contributed by atoms with Gasteiger partial charge in [0.2, 0.25) is 5.91 Å². The number of hydrogen-bond donors (Lipinski definition) is 1. The van der Waals surface area contributed by atoms with Crippen molar-refractivity contribution >= 4 is 11.9 Å². The van der Waals surface area contributed by atoms with Gasteiger partial charge < -0.3 is 19.9 Å². The Hall–Kier alpha value is -2.86. The molecule has 0 radical (unpaired) electrons. The minimum atomic E-state index is -0.181. The monoisotopic (exact) mass is 381 g/mol. The molecule has 0 aromatic heterocycles. The van der Waals surface area contributed by atoms with Crippen LogP contribution in [0.15, 0.2) is 60.7 Å². The number of carbonyl (C=O) groups excluding carboxylic acids is 2. The number of rotatable bonds is 7. The first kappa shape index (κ1) is 19.9. The van der Waals surface area contributed by atoms with Gasteiger partial charge in [-0.15, -0.1) is 0 Å². The molecule has 0 saturated carbocycles. The molecule has 6 nitrogen and oxygen atoms in total. The molecule has 1 N–H and O–H groups in total. The van der Waals surface area contributed by atoms with Crippen molar-refractivity contribution in [3.05, 3.63) is 71.8 Å². The summed E-state index contributed by atoms with van der Waals surface area (Å²) in [6.45, 7) is 2.10. The zero-order valence-corrected chi connectivity index (χ0v) is 16.2. The number of nitrogens with one attached hydrogen (secondary N) is 1. The van der Waals surface area contributed by atoms with Crippen molar-refractivity contribution in [1.29, 1.82) is 0 Å². The SMILES string of the molecule is CN1C[C@H](CNC(=O)N(CCc2ccccc2)Cc2ccccc2)OCC1=O. The Kier molecular flexibility index (Phi) is 7.03. The summed E-state index contributed by atoms with van der Waals surface area (Å²) in [5, 5.41) is 2.97. The van der Waals surface area contributed by atoms with Crippen molar-refractivity contribution in [2.24, 2.45) is 0 Å². The van der Waals surface area contributed by atoms with Crippen molar-refractivity contribution in [2.45, 2.75) is 19.1 Å². The molecule has 2 aromatic carbocycles. The van der Waals surface area contributed by atoms with Crippen LogP contribution in [0.2, 0.25) is 0 Å². The predicted octanol–water partition coefficient (Wildman–Crippen LogP) is 2.30. The molecular weight excluding hydrogens is 354 g/mol. The molecule has 3 rings (SSSR count). The molecule has 1 saturated heterocycles. The maximum atomic E-state index is 12.8. The third-order valence-corrected chi connectivity index (χ3v) is 4.84. The molecule has 1 atom stereocenters. The maximum absolute atomic E-state index is 12.8. The molecule has 1 aliphatic heterocycles. The molecule has 0 unspecified atom stereocenters. The van der Waals surface area contributed by atoms with E-state index >= 15 is 0 Å². The van der Waals surface area contributed by atoms with Crippen LogP contribution in [-0.4, -0.2) is 61.1 Å². The van der Waals surface area contributed by atoms with Gasteiger partial charge in [0.25, 0.3) is 0 Å². The zero-order valence-electron chi connectivity index (χ0n) is 16.2. The van der Waals surface area contributed by atoms with Gasteiger partial charge in [-0.25, -0.2) is 4.79 Å². The molecule has 6 heteroatoms. The lowest BCUT2D eigenvalue weighted by atomic mass is 10.1. The number of urea groups is 1. The van der Waals surface area contributed by atoms with E-state index in [2.05, 4.69) is 17.4 Å². The van der Waals surface area contributed by atoms with Crippen molar-refractivity contribution in [3.63, 3.8) is 0 Å². The van der Waals surface area contributed by atoms with E-state index in [-0.39, 0.29) is 24.6 Å². The topological polar surface area (TPSA) is 61.9 Å². The summed E-state index contributed by atoms with van der Waals surface area (Å²) < 4.78 is 5.51. The number of amides is 3. The number of carbonyl (C=O) groups is 2. The van der Waals surface area contributed by atoms with E-state index in [4.69, 9.17) is 4.74 Å². The fourth-order valence-corrected chi connectivity index (χ4v) is 3.16. The number of ether oxygens (including phenoxy) is 1. The molecule has 2 aromatic rings. The molecule has 0 aliphatic carbocycles. The third-order valence-electron chi connectivity index (χ3n) is 4.84. The Morgan fingerprint density at radius 2 is 1.75 bits per heavy atom. The van der Waals surface area contributed by atoms with Gasteiger partial charge in [-0.2, -0.15) is 0 Å². The van der Waals surface area contributed by atoms with Crippen LogP contribution in [0, 0.1) is 0 Å². The second kappa shape index (κ2) is 9.90. The summed E-state index contributed by atoms with van der Waals surface area (Å²) in [5.74, 6) is -0.0314. The van der Waals surface area contributed by atoms with Crippen molar-refractivity contribution in [2.75, 3.05) is 33.3 Å². The second-order valence-electron chi connectivity index (χ2n) is 7.04. The van der Waals surface area contributed by atoms with Crippen LogP contribution >= 0.6 is 0 Å². The summed E-state index contributed by atoms with van der Waals surface area (Å²) in [7, 11) is 1.75. The molecule has 0 spiro atoms. The summed E-state index contributed by atoms with van der Waals surface area (Å²) in [5.41, 5.74) is 2.29. The molecule has 3 amide bonds. The number of hydrogen-bond acceptors (Lipinski definition) is 3. The number of nitrogens with zero attached hydrogens (tertiary/aromatic N) is 2. The minimum Gasteiger partial charge on any atom is -0.365 e. The van der Waals surface area contributed by atoms with Crippen LogP contribution < -0.4 is 5.32 Å². The number of morpholine rings is 1. The summed E-state index contributed by atoms with van der Waals surface area (Å²) >= 11 is 0. The Balaban J connectivity index is 1.58. The Morgan fingerprint density at radius 3 is 2.39 bits per heavy atom. The first-order valence-corrected chi connectivity index (χ1v) is 9.58. The van der Waals surface area contributed by atoms with E-state index in [1.165, 1.54) is 5.56 Å². The second-order valence-corrected chi connectivity index (χ2v) is 7.04. The van der Waals surface area contributed by atoms with Crippen LogP contribution in [0.4, 0.5) is 4.79 Å². The van der Waals surface area contributed by atoms with Gasteiger partial charge in [-0.3, -0.25) is 4.79 Å². The highest BCUT2D eigenvalue weighted by molar-refractivity contribution is 5.78. The lowest BCUT2D eigenvalue weighted by Gasteiger charge is -2.31. The predicted molar refractivity (Wildman–Crippen MR) is 108 cm³/mol. The number of likely N-dealkylation sites (N-methyl/N-ethyl adjacent to an activating group) is 1. The largest absolute Gasteiger partial charge is 0.365 e. The highest BCUT2D eigenvalue weighted by atomic mass is 16.5. The van der Waals surface area contributed by atoms with E-state index in [1.54, 1.807) is 11.9 Å². The highest BCUT2D eigenvalue weighted by Gasteiger charge is 2.24. The van der Waals surface area contributed by atoms with Crippen molar-refractivity contribution in [1.82, 2.24) is 15.1 Å². The molecule has 1 fully saturated rings. The summed E-state index contributed by atoms with van der Waals surface area (Å²) in [6, 6.07) is 20.0. The Labute approximate surface area is 166 Å². The van der Waals surface area contributed by atoms with E-state index in [1.807, 2.05) is 53.4 Å². The Bertz CT molecular complexity index is 767. The fraction of sp³-hybridized carbons (Fsp3) is 0.364. The van der Waals surface area contributed by atoms with Gasteiger partial charge in [0.1, 0.15) is 6.61 Å². The average Bonchev–Trinajstić information content (AvgIpc) is 2.73. The zero-order chi connectivity index (χ0) is 19.8. The van der Waals surface area contributed by atoms with E-state index in [0.717, 1.165) is 12.0 Å². The normalized spacial score (nSPS) is 16.7. The molecule has 148 valence electrons. The quantitative estimate of drug-likeness (QED) is 0.801. The van der Waals surface area contributed by atoms with Crippen molar-refractivity contribution < 1.29 is 14.3 Å². The van der Waals surface area contributed by atoms with Crippen LogP contribution in [0.5, 0.6) is 0 Å². The molecule has 0 bridgehead atoms. The summed E-state index contributed by atoms with van der Waals surface area (Å²) in [6.07, 6.45) is 0.609. The van der Waals surface area contributed by atoms with Crippen molar-refractivity contribution in [3.8, 4) is 0 Å². The first-order chi connectivity index (χ1) is 13.6. The standard InChI is InChI=1S/C22H27N3O3/c1-24-16-20(28-17-21(24)26)14-23-22(27)25(15-19-10-6-3-7-11-19)13-12-18-8-4-2-5-9-18/h2-11,20H,12-17H2,1H3,(H,23,27)/t20-/m0/s1. The van der Waals surface area contributed by atoms with Crippen LogP contribution in [0.25, 0.3) is 0 Å². The van der Waals surface area contributed by atoms with E-state index in [0.29, 0.717) is 26.2 Å². The Morgan fingerprint density at radius 1 is 1.11 bits per heavy atom. The van der Waals surface area contributed by atoms with Gasteiger partial charge in [0, 0.05) is 33.2 Å². The summed E-state index contributed by atoms with van der Waals surface area (Å²) in [4.78, 5) is 27.8. The smallest absolute Gasteiger partial charge is 0.317 e. The van der Waals surface area contributed by atoms with Crippen LogP contribution in [-0.2, 0) is 22.5 Å². The molecule has 28 heavy (non-hydrogen) atoms. The van der Waals surface area contributed by atoms with Crippen LogP contribution in [0.3, 0.4) is 0 Å². The first-order valence-electron chi connectivity index (χ1n) is 9.58. The van der Waals surface area contributed by atoms with E-state index < -0.39 is 0 Å². The molecular formula is C22H27N3O3.